The number of esters is 1. The Kier molecular flexibility index (Phi) is 14.2. The van der Waals surface area contributed by atoms with Crippen LogP contribution in [0.2, 0.25) is 0 Å². The van der Waals surface area contributed by atoms with Crippen LogP contribution in [-0.2, 0) is 9.53 Å². The van der Waals surface area contributed by atoms with Gasteiger partial charge in [0.25, 0.3) is 0 Å². The summed E-state index contributed by atoms with van der Waals surface area (Å²) in [6.07, 6.45) is 11.0. The molecule has 0 spiro atoms. The summed E-state index contributed by atoms with van der Waals surface area (Å²) in [7, 11) is 0. The first-order valence-corrected chi connectivity index (χ1v) is 9.63. The molecule has 1 unspecified atom stereocenters. The fraction of sp³-hybridized carbons (Fsp3) is 0.850. The zero-order valence-corrected chi connectivity index (χ0v) is 16.0. The Bertz CT molecular complexity index is 309. The van der Waals surface area contributed by atoms with Crippen molar-refractivity contribution < 1.29 is 9.53 Å². The second-order valence-corrected chi connectivity index (χ2v) is 6.60. The zero-order valence-electron chi connectivity index (χ0n) is 16.0. The normalized spacial score (nSPS) is 12.4. The van der Waals surface area contributed by atoms with Crippen molar-refractivity contribution in [2.24, 2.45) is 0 Å². The number of carbonyl (C=O) groups excluding carboxylic acids is 1. The Morgan fingerprint density at radius 1 is 0.957 bits per heavy atom. The molecule has 3 nitrogen and oxygen atoms in total. The van der Waals surface area contributed by atoms with Crippen molar-refractivity contribution in [1.29, 1.82) is 0 Å². The number of carbonyl (C=O) groups is 1. The van der Waals surface area contributed by atoms with E-state index in [1.807, 2.05) is 0 Å². The number of hydrogen-bond donors (Lipinski definition) is 0. The Hall–Kier alpha value is -0.830. The quantitative estimate of drug-likeness (QED) is 0.231. The van der Waals surface area contributed by atoms with Crippen LogP contribution in [0.1, 0.15) is 85.5 Å². The van der Waals surface area contributed by atoms with Gasteiger partial charge in [0.05, 0.1) is 6.61 Å². The number of rotatable bonds is 15. The topological polar surface area (TPSA) is 29.5 Å². The van der Waals surface area contributed by atoms with E-state index in [2.05, 4.69) is 32.3 Å². The smallest absolute Gasteiger partial charge is 0.333 e. The monoisotopic (exact) mass is 325 g/mol. The summed E-state index contributed by atoms with van der Waals surface area (Å²) in [6, 6.07) is 0.751. The first kappa shape index (κ1) is 22.2. The Labute approximate surface area is 144 Å². The van der Waals surface area contributed by atoms with Gasteiger partial charge in [-0.15, -0.1) is 0 Å². The van der Waals surface area contributed by atoms with Gasteiger partial charge in [0, 0.05) is 11.6 Å². The maximum Gasteiger partial charge on any atom is 0.333 e. The number of unbranched alkanes of at least 4 members (excludes halogenated alkanes) is 3. The van der Waals surface area contributed by atoms with E-state index in [4.69, 9.17) is 4.74 Å². The highest BCUT2D eigenvalue weighted by Crippen LogP contribution is 2.17. The van der Waals surface area contributed by atoms with Crippen LogP contribution in [0.5, 0.6) is 0 Å². The highest BCUT2D eigenvalue weighted by Gasteiger charge is 2.15. The van der Waals surface area contributed by atoms with Crippen molar-refractivity contribution in [3.63, 3.8) is 0 Å². The van der Waals surface area contributed by atoms with Gasteiger partial charge in [0.2, 0.25) is 0 Å². The Morgan fingerprint density at radius 3 is 2.09 bits per heavy atom. The van der Waals surface area contributed by atoms with Crippen molar-refractivity contribution in [1.82, 2.24) is 4.90 Å². The molecule has 0 saturated heterocycles. The summed E-state index contributed by atoms with van der Waals surface area (Å²) in [5.41, 5.74) is 0.486. The van der Waals surface area contributed by atoms with E-state index in [1.165, 1.54) is 58.0 Å². The molecule has 0 aromatic heterocycles. The van der Waals surface area contributed by atoms with E-state index >= 15 is 0 Å². The highest BCUT2D eigenvalue weighted by atomic mass is 16.5. The molecule has 0 aromatic rings. The van der Waals surface area contributed by atoms with Crippen LogP contribution in [0.25, 0.3) is 0 Å². The van der Waals surface area contributed by atoms with Gasteiger partial charge in [-0.2, -0.15) is 0 Å². The summed E-state index contributed by atoms with van der Waals surface area (Å²) in [5.74, 6) is -0.261. The van der Waals surface area contributed by atoms with Crippen molar-refractivity contribution in [3.05, 3.63) is 12.2 Å². The lowest BCUT2D eigenvalue weighted by molar-refractivity contribution is -0.139. The molecule has 136 valence electrons. The van der Waals surface area contributed by atoms with Gasteiger partial charge < -0.3 is 9.64 Å². The standard InChI is InChI=1S/C20H39NO2/c1-6-13-19(21(15-7-2)16-8-3)14-11-9-10-12-17-23-20(22)18(4)5/h19H,4,6-17H2,1-3,5H3. The van der Waals surface area contributed by atoms with E-state index in [0.29, 0.717) is 12.2 Å². The molecule has 0 fully saturated rings. The molecular formula is C20H39NO2. The molecular weight excluding hydrogens is 286 g/mol. The molecule has 0 amide bonds. The molecule has 1 atom stereocenters. The second-order valence-electron chi connectivity index (χ2n) is 6.60. The average Bonchev–Trinajstić information content (AvgIpc) is 2.52. The second kappa shape index (κ2) is 14.7. The number of hydrogen-bond acceptors (Lipinski definition) is 3. The summed E-state index contributed by atoms with van der Waals surface area (Å²) in [5, 5.41) is 0. The minimum absolute atomic E-state index is 0.261. The molecule has 23 heavy (non-hydrogen) atoms. The molecule has 0 bridgehead atoms. The third-order valence-electron chi connectivity index (χ3n) is 4.17. The van der Waals surface area contributed by atoms with Gasteiger partial charge in [0.15, 0.2) is 0 Å². The van der Waals surface area contributed by atoms with Crippen molar-refractivity contribution in [2.75, 3.05) is 19.7 Å². The van der Waals surface area contributed by atoms with Crippen LogP contribution < -0.4 is 0 Å². The van der Waals surface area contributed by atoms with Crippen LogP contribution >= 0.6 is 0 Å². The molecule has 3 heteroatoms. The van der Waals surface area contributed by atoms with E-state index in [1.54, 1.807) is 6.92 Å². The average molecular weight is 326 g/mol. The molecule has 0 N–H and O–H groups in total. The van der Waals surface area contributed by atoms with Gasteiger partial charge in [-0.3, -0.25) is 0 Å². The van der Waals surface area contributed by atoms with E-state index in [9.17, 15) is 4.79 Å². The number of ether oxygens (including phenoxy) is 1. The predicted octanol–water partition coefficient (Wildman–Crippen LogP) is 5.35. The van der Waals surface area contributed by atoms with Gasteiger partial charge in [-0.1, -0.05) is 53.0 Å². The van der Waals surface area contributed by atoms with Gasteiger partial charge in [-0.05, 0) is 52.1 Å². The third-order valence-corrected chi connectivity index (χ3v) is 4.17. The minimum atomic E-state index is -0.261. The van der Waals surface area contributed by atoms with Crippen molar-refractivity contribution in [3.8, 4) is 0 Å². The van der Waals surface area contributed by atoms with Crippen LogP contribution in [-0.4, -0.2) is 36.6 Å². The molecule has 0 heterocycles. The Morgan fingerprint density at radius 2 is 1.57 bits per heavy atom. The van der Waals surface area contributed by atoms with Crippen LogP contribution in [0.15, 0.2) is 12.2 Å². The molecule has 0 saturated carbocycles. The fourth-order valence-corrected chi connectivity index (χ4v) is 3.02. The highest BCUT2D eigenvalue weighted by molar-refractivity contribution is 5.86. The van der Waals surface area contributed by atoms with Crippen molar-refractivity contribution >= 4 is 5.97 Å². The van der Waals surface area contributed by atoms with Crippen LogP contribution in [0, 0.1) is 0 Å². The lowest BCUT2D eigenvalue weighted by atomic mass is 10.0. The van der Waals surface area contributed by atoms with Gasteiger partial charge in [0.1, 0.15) is 0 Å². The number of nitrogens with zero attached hydrogens (tertiary/aromatic N) is 1. The molecule has 0 rings (SSSR count). The van der Waals surface area contributed by atoms with Crippen LogP contribution in [0.3, 0.4) is 0 Å². The largest absolute Gasteiger partial charge is 0.462 e. The minimum Gasteiger partial charge on any atom is -0.462 e. The maximum absolute atomic E-state index is 11.3. The Balaban J connectivity index is 3.90. The summed E-state index contributed by atoms with van der Waals surface area (Å²) >= 11 is 0. The first-order chi connectivity index (χ1) is 11.1. The maximum atomic E-state index is 11.3. The summed E-state index contributed by atoms with van der Waals surface area (Å²) in [6.45, 7) is 15.1. The molecule has 0 aromatic carbocycles. The molecule has 0 radical (unpaired) electrons. The lowest BCUT2D eigenvalue weighted by Gasteiger charge is -2.31. The molecule has 0 aliphatic heterocycles. The van der Waals surface area contributed by atoms with Gasteiger partial charge >= 0.3 is 5.97 Å². The van der Waals surface area contributed by atoms with Gasteiger partial charge in [-0.25, -0.2) is 4.79 Å². The first-order valence-electron chi connectivity index (χ1n) is 9.63. The summed E-state index contributed by atoms with van der Waals surface area (Å²) in [4.78, 5) is 14.0. The van der Waals surface area contributed by atoms with Crippen molar-refractivity contribution in [2.45, 2.75) is 91.5 Å². The van der Waals surface area contributed by atoms with E-state index in [-0.39, 0.29) is 5.97 Å². The van der Waals surface area contributed by atoms with Crippen LogP contribution in [0.4, 0.5) is 0 Å². The van der Waals surface area contributed by atoms with E-state index in [0.717, 1.165) is 18.9 Å². The molecule has 0 aliphatic carbocycles. The molecule has 0 aliphatic rings. The fourth-order valence-electron chi connectivity index (χ4n) is 3.02. The van der Waals surface area contributed by atoms with E-state index < -0.39 is 0 Å². The zero-order chi connectivity index (χ0) is 17.5. The predicted molar refractivity (Wildman–Crippen MR) is 99.7 cm³/mol. The summed E-state index contributed by atoms with van der Waals surface area (Å²) < 4.78 is 5.13. The SMILES string of the molecule is C=C(C)C(=O)OCCCCCCC(CCC)N(CCC)CCC. The third kappa shape index (κ3) is 11.4. The lowest BCUT2D eigenvalue weighted by Crippen LogP contribution is -2.36.